The van der Waals surface area contributed by atoms with Crippen LogP contribution in [0, 0.1) is 0 Å². The van der Waals surface area contributed by atoms with Gasteiger partial charge in [-0.2, -0.15) is 0 Å². The summed E-state index contributed by atoms with van der Waals surface area (Å²) < 4.78 is 26.9. The topological polar surface area (TPSA) is 72.2 Å². The Hall–Kier alpha value is -0.430. The first-order valence-electron chi connectivity index (χ1n) is 5.38. The molecule has 0 bridgehead atoms. The maximum Gasteiger partial charge on any atom is 0.250 e. The Morgan fingerprint density at radius 2 is 2.19 bits per heavy atom. The van der Waals surface area contributed by atoms with Crippen LogP contribution in [0.15, 0.2) is 16.3 Å². The predicted molar refractivity (Wildman–Crippen MR) is 65.0 cm³/mol. The smallest absolute Gasteiger partial charge is 0.250 e. The van der Waals surface area contributed by atoms with Crippen molar-refractivity contribution in [3.8, 4) is 0 Å². The summed E-state index contributed by atoms with van der Waals surface area (Å²) in [7, 11) is -3.32. The first-order chi connectivity index (χ1) is 7.51. The van der Waals surface area contributed by atoms with Gasteiger partial charge in [-0.3, -0.25) is 0 Å². The van der Waals surface area contributed by atoms with Crippen molar-refractivity contribution in [3.63, 3.8) is 0 Å². The molecule has 1 aliphatic carbocycles. The number of sulfonamides is 1. The maximum atomic E-state index is 11.9. The highest BCUT2D eigenvalue weighted by Gasteiger charge is 2.30. The molecule has 16 heavy (non-hydrogen) atoms. The van der Waals surface area contributed by atoms with Gasteiger partial charge in [-0.25, -0.2) is 13.1 Å². The van der Waals surface area contributed by atoms with Crippen LogP contribution in [0.3, 0.4) is 0 Å². The molecular formula is C10H16N2O2S2. The van der Waals surface area contributed by atoms with E-state index in [0.717, 1.165) is 24.1 Å². The molecule has 0 radical (unpaired) electrons. The van der Waals surface area contributed by atoms with Gasteiger partial charge in [-0.05, 0) is 31.4 Å². The highest BCUT2D eigenvalue weighted by Crippen LogP contribution is 2.25. The number of nitrogens with one attached hydrogen (secondary N) is 1. The summed E-state index contributed by atoms with van der Waals surface area (Å²) in [6.07, 6.45) is 2.35. The summed E-state index contributed by atoms with van der Waals surface area (Å²) in [6, 6.07) is 3.71. The van der Waals surface area contributed by atoms with E-state index in [4.69, 9.17) is 5.73 Å². The largest absolute Gasteiger partial charge is 0.328 e. The molecule has 0 spiro atoms. The van der Waals surface area contributed by atoms with Crippen LogP contribution in [-0.2, 0) is 16.4 Å². The van der Waals surface area contributed by atoms with E-state index in [1.807, 2.05) is 13.0 Å². The minimum atomic E-state index is -3.32. The SMILES string of the molecule is CCc1ccc(S(=O)(=O)NC2CC(N)C2)s1. The number of rotatable bonds is 4. The minimum Gasteiger partial charge on any atom is -0.328 e. The number of hydrogen-bond donors (Lipinski definition) is 2. The first-order valence-corrected chi connectivity index (χ1v) is 7.68. The van der Waals surface area contributed by atoms with Crippen LogP contribution in [0.1, 0.15) is 24.6 Å². The molecular weight excluding hydrogens is 244 g/mol. The normalized spacial score (nSPS) is 25.4. The lowest BCUT2D eigenvalue weighted by atomic mass is 9.89. The van der Waals surface area contributed by atoms with E-state index >= 15 is 0 Å². The zero-order chi connectivity index (χ0) is 11.8. The van der Waals surface area contributed by atoms with Crippen LogP contribution in [0.5, 0.6) is 0 Å². The van der Waals surface area contributed by atoms with Gasteiger partial charge in [-0.15, -0.1) is 11.3 Å². The van der Waals surface area contributed by atoms with E-state index in [2.05, 4.69) is 4.72 Å². The van der Waals surface area contributed by atoms with E-state index in [-0.39, 0.29) is 12.1 Å². The molecule has 0 atom stereocenters. The van der Waals surface area contributed by atoms with Gasteiger partial charge in [0.2, 0.25) is 10.0 Å². The lowest BCUT2D eigenvalue weighted by Crippen LogP contribution is -2.50. The second-order valence-electron chi connectivity index (χ2n) is 4.12. The Morgan fingerprint density at radius 3 is 2.69 bits per heavy atom. The summed E-state index contributed by atoms with van der Waals surface area (Å²) in [6.45, 7) is 2.01. The molecule has 0 aliphatic heterocycles. The quantitative estimate of drug-likeness (QED) is 0.851. The Balaban J connectivity index is 2.06. The van der Waals surface area contributed by atoms with Gasteiger partial charge in [0.1, 0.15) is 4.21 Å². The zero-order valence-corrected chi connectivity index (χ0v) is 10.8. The van der Waals surface area contributed by atoms with Gasteiger partial charge >= 0.3 is 0 Å². The van der Waals surface area contributed by atoms with Crippen molar-refractivity contribution >= 4 is 21.4 Å². The van der Waals surface area contributed by atoms with Gasteiger partial charge in [0, 0.05) is 17.0 Å². The number of thiophene rings is 1. The van der Waals surface area contributed by atoms with Crippen molar-refractivity contribution in [2.24, 2.45) is 5.73 Å². The lowest BCUT2D eigenvalue weighted by Gasteiger charge is -2.32. The Bertz CT molecular complexity index is 461. The summed E-state index contributed by atoms with van der Waals surface area (Å²) in [5.41, 5.74) is 5.62. The maximum absolute atomic E-state index is 11.9. The fourth-order valence-corrected chi connectivity index (χ4v) is 4.30. The van der Waals surface area contributed by atoms with E-state index in [1.165, 1.54) is 11.3 Å². The van der Waals surface area contributed by atoms with Crippen LogP contribution in [0.2, 0.25) is 0 Å². The Morgan fingerprint density at radius 1 is 1.50 bits per heavy atom. The molecule has 2 rings (SSSR count). The molecule has 3 N–H and O–H groups in total. The highest BCUT2D eigenvalue weighted by atomic mass is 32.2. The average molecular weight is 260 g/mol. The molecule has 6 heteroatoms. The Kier molecular flexibility index (Phi) is 3.34. The third-order valence-corrected chi connectivity index (χ3v) is 5.99. The fourth-order valence-electron chi connectivity index (χ4n) is 1.73. The van der Waals surface area contributed by atoms with Crippen molar-refractivity contribution in [3.05, 3.63) is 17.0 Å². The number of nitrogens with two attached hydrogens (primary N) is 1. The molecule has 1 aromatic heterocycles. The number of aryl methyl sites for hydroxylation is 1. The van der Waals surface area contributed by atoms with Gasteiger partial charge in [-0.1, -0.05) is 6.92 Å². The molecule has 1 heterocycles. The second-order valence-corrected chi connectivity index (χ2v) is 7.23. The third-order valence-electron chi connectivity index (χ3n) is 2.75. The van der Waals surface area contributed by atoms with Crippen molar-refractivity contribution < 1.29 is 8.42 Å². The molecule has 1 aliphatic rings. The standard InChI is InChI=1S/C10H16N2O2S2/c1-2-9-3-4-10(15-9)16(13,14)12-8-5-7(11)6-8/h3-4,7-8,12H,2,5-6,11H2,1H3. The number of hydrogen-bond acceptors (Lipinski definition) is 4. The summed E-state index contributed by atoms with van der Waals surface area (Å²) in [4.78, 5) is 1.09. The van der Waals surface area contributed by atoms with E-state index in [9.17, 15) is 8.42 Å². The van der Waals surface area contributed by atoms with Crippen molar-refractivity contribution in [2.45, 2.75) is 42.5 Å². The zero-order valence-electron chi connectivity index (χ0n) is 9.14. The van der Waals surface area contributed by atoms with Gasteiger partial charge < -0.3 is 5.73 Å². The average Bonchev–Trinajstić information content (AvgIpc) is 2.63. The molecule has 0 aromatic carbocycles. The van der Waals surface area contributed by atoms with Gasteiger partial charge in [0.25, 0.3) is 0 Å². The third kappa shape index (κ3) is 2.45. The van der Waals surface area contributed by atoms with Crippen molar-refractivity contribution in [1.82, 2.24) is 4.72 Å². The van der Waals surface area contributed by atoms with Crippen LogP contribution in [-0.4, -0.2) is 20.5 Å². The highest BCUT2D eigenvalue weighted by molar-refractivity contribution is 7.91. The first kappa shape index (κ1) is 12.0. The van der Waals surface area contributed by atoms with Crippen LogP contribution in [0.25, 0.3) is 0 Å². The molecule has 0 saturated heterocycles. The summed E-state index contributed by atoms with van der Waals surface area (Å²) in [5, 5.41) is 0. The van der Waals surface area contributed by atoms with Gasteiger partial charge in [0.05, 0.1) is 0 Å². The molecule has 1 saturated carbocycles. The van der Waals surface area contributed by atoms with Crippen LogP contribution >= 0.6 is 11.3 Å². The molecule has 1 aromatic rings. The predicted octanol–water partition coefficient (Wildman–Crippen LogP) is 1.08. The molecule has 1 fully saturated rings. The van der Waals surface area contributed by atoms with E-state index < -0.39 is 10.0 Å². The second kappa shape index (κ2) is 4.44. The minimum absolute atomic E-state index is 0.0205. The lowest BCUT2D eigenvalue weighted by molar-refractivity contribution is 0.327. The molecule has 0 amide bonds. The molecule has 0 unspecified atom stereocenters. The Labute approximate surface area is 99.9 Å². The van der Waals surface area contributed by atoms with Crippen molar-refractivity contribution in [2.75, 3.05) is 0 Å². The monoisotopic (exact) mass is 260 g/mol. The van der Waals surface area contributed by atoms with E-state index in [0.29, 0.717) is 4.21 Å². The molecule has 4 nitrogen and oxygen atoms in total. The van der Waals surface area contributed by atoms with Crippen LogP contribution in [0.4, 0.5) is 0 Å². The molecule has 90 valence electrons. The van der Waals surface area contributed by atoms with Gasteiger partial charge in [0.15, 0.2) is 0 Å². The summed E-state index contributed by atoms with van der Waals surface area (Å²) >= 11 is 1.34. The van der Waals surface area contributed by atoms with E-state index in [1.54, 1.807) is 6.07 Å². The fraction of sp³-hybridized carbons (Fsp3) is 0.600. The van der Waals surface area contributed by atoms with Crippen LogP contribution < -0.4 is 10.5 Å². The van der Waals surface area contributed by atoms with Crippen molar-refractivity contribution in [1.29, 1.82) is 0 Å². The summed E-state index contributed by atoms with van der Waals surface area (Å²) in [5.74, 6) is 0.